The van der Waals surface area contributed by atoms with Gasteiger partial charge < -0.3 is 10.1 Å². The van der Waals surface area contributed by atoms with Crippen molar-refractivity contribution < 1.29 is 9.53 Å². The molecule has 1 aliphatic rings. The van der Waals surface area contributed by atoms with Crippen LogP contribution in [0, 0.1) is 0 Å². The van der Waals surface area contributed by atoms with Crippen molar-refractivity contribution >= 4 is 44.9 Å². The Morgan fingerprint density at radius 2 is 1.94 bits per heavy atom. The first-order valence-electron chi connectivity index (χ1n) is 10.3. The zero-order valence-electron chi connectivity index (χ0n) is 17.4. The Morgan fingerprint density at radius 3 is 2.69 bits per heavy atom. The van der Waals surface area contributed by atoms with Crippen molar-refractivity contribution in [1.82, 2.24) is 9.55 Å². The number of carbonyl (C=O) groups is 1. The molecule has 0 unspecified atom stereocenters. The molecule has 4 aromatic rings. The minimum Gasteiger partial charge on any atom is -0.495 e. The Bertz CT molecular complexity index is 1340. The number of benzene rings is 2. The third-order valence-electron chi connectivity index (χ3n) is 5.35. The van der Waals surface area contributed by atoms with Gasteiger partial charge in [-0.05, 0) is 54.0 Å². The van der Waals surface area contributed by atoms with Crippen LogP contribution in [0.5, 0.6) is 5.75 Å². The highest BCUT2D eigenvalue weighted by Crippen LogP contribution is 2.44. The number of para-hydroxylation sites is 3. The zero-order valence-corrected chi connectivity index (χ0v) is 19.0. The molecule has 32 heavy (non-hydrogen) atoms. The quantitative estimate of drug-likeness (QED) is 0.306. The molecule has 162 valence electrons. The van der Waals surface area contributed by atoms with Crippen molar-refractivity contribution in [3.63, 3.8) is 0 Å². The van der Waals surface area contributed by atoms with Gasteiger partial charge >= 0.3 is 0 Å². The van der Waals surface area contributed by atoms with Gasteiger partial charge in [-0.1, -0.05) is 42.1 Å². The van der Waals surface area contributed by atoms with E-state index in [1.54, 1.807) is 23.8 Å². The van der Waals surface area contributed by atoms with Crippen molar-refractivity contribution in [3.8, 4) is 11.4 Å². The number of carbonyl (C=O) groups excluding carboxylic acids is 1. The first-order chi connectivity index (χ1) is 15.7. The minimum atomic E-state index is -0.196. The SMILES string of the molecule is COc1ccccc1NC(=O)CSc1nc2scc(C3CC3)c2c(=O)n1-c1ccccc1. The minimum absolute atomic E-state index is 0.0722. The van der Waals surface area contributed by atoms with Gasteiger partial charge in [0.05, 0.1) is 29.6 Å². The predicted molar refractivity (Wildman–Crippen MR) is 130 cm³/mol. The molecule has 5 rings (SSSR count). The van der Waals surface area contributed by atoms with E-state index in [4.69, 9.17) is 9.72 Å². The molecule has 8 heteroatoms. The Morgan fingerprint density at radius 1 is 1.19 bits per heavy atom. The van der Waals surface area contributed by atoms with Gasteiger partial charge in [0, 0.05) is 0 Å². The van der Waals surface area contributed by atoms with E-state index in [0.29, 0.717) is 27.9 Å². The van der Waals surface area contributed by atoms with Gasteiger partial charge in [0.25, 0.3) is 5.56 Å². The molecule has 0 saturated heterocycles. The standard InChI is InChI=1S/C24H21N3O3S2/c1-30-19-10-6-5-9-18(19)25-20(28)14-32-24-26-22-21(17(13-31-22)15-11-12-15)23(29)27(24)16-7-3-2-4-8-16/h2-10,13,15H,11-12,14H2,1H3,(H,25,28). The van der Waals surface area contributed by atoms with Crippen LogP contribution in [-0.4, -0.2) is 28.3 Å². The van der Waals surface area contributed by atoms with E-state index in [1.807, 2.05) is 42.5 Å². The molecule has 1 N–H and O–H groups in total. The summed E-state index contributed by atoms with van der Waals surface area (Å²) in [5, 5.41) is 6.16. The molecule has 2 heterocycles. The summed E-state index contributed by atoms with van der Waals surface area (Å²) in [6, 6.07) is 16.7. The summed E-state index contributed by atoms with van der Waals surface area (Å²) < 4.78 is 6.93. The van der Waals surface area contributed by atoms with Gasteiger partial charge in [-0.15, -0.1) is 11.3 Å². The van der Waals surface area contributed by atoms with Crippen LogP contribution in [0.1, 0.15) is 24.3 Å². The molecule has 0 spiro atoms. The number of rotatable bonds is 7. The Kier molecular flexibility index (Phi) is 5.71. The maximum atomic E-state index is 13.6. The summed E-state index contributed by atoms with van der Waals surface area (Å²) in [5.74, 6) is 0.979. The third kappa shape index (κ3) is 4.03. The van der Waals surface area contributed by atoms with Crippen molar-refractivity contribution in [2.45, 2.75) is 23.9 Å². The van der Waals surface area contributed by atoms with E-state index >= 15 is 0 Å². The predicted octanol–water partition coefficient (Wildman–Crippen LogP) is 5.06. The number of thioether (sulfide) groups is 1. The number of nitrogens with zero attached hydrogens (tertiary/aromatic N) is 2. The summed E-state index contributed by atoms with van der Waals surface area (Å²) in [4.78, 5) is 31.8. The van der Waals surface area contributed by atoms with Crippen LogP contribution in [-0.2, 0) is 4.79 Å². The summed E-state index contributed by atoms with van der Waals surface area (Å²) >= 11 is 2.75. The van der Waals surface area contributed by atoms with Crippen LogP contribution in [0.15, 0.2) is 69.9 Å². The first-order valence-corrected chi connectivity index (χ1v) is 12.2. The van der Waals surface area contributed by atoms with Crippen LogP contribution in [0.2, 0.25) is 0 Å². The fraction of sp³-hybridized carbons (Fsp3) is 0.208. The van der Waals surface area contributed by atoms with Gasteiger partial charge in [0.2, 0.25) is 5.91 Å². The van der Waals surface area contributed by atoms with Crippen molar-refractivity contribution in [2.24, 2.45) is 0 Å². The normalized spacial score (nSPS) is 13.3. The molecular formula is C24H21N3O3S2. The second-order valence-corrected chi connectivity index (χ2v) is 9.35. The molecule has 0 atom stereocenters. The molecule has 1 aliphatic carbocycles. The summed E-state index contributed by atoms with van der Waals surface area (Å²) in [7, 11) is 1.56. The highest BCUT2D eigenvalue weighted by Gasteiger charge is 2.29. The first kappa shape index (κ1) is 20.8. The fourth-order valence-corrected chi connectivity index (χ4v) is 5.53. The van der Waals surface area contributed by atoms with Crippen LogP contribution in [0.25, 0.3) is 15.9 Å². The van der Waals surface area contributed by atoms with E-state index < -0.39 is 0 Å². The third-order valence-corrected chi connectivity index (χ3v) is 7.18. The van der Waals surface area contributed by atoms with Gasteiger partial charge in [-0.25, -0.2) is 4.98 Å². The average Bonchev–Trinajstić information content (AvgIpc) is 3.57. The largest absolute Gasteiger partial charge is 0.495 e. The number of hydrogen-bond donors (Lipinski definition) is 1. The fourth-order valence-electron chi connectivity index (χ4n) is 3.65. The van der Waals surface area contributed by atoms with Gasteiger partial charge in [-0.2, -0.15) is 0 Å². The van der Waals surface area contributed by atoms with E-state index in [2.05, 4.69) is 10.7 Å². The lowest BCUT2D eigenvalue weighted by Crippen LogP contribution is -2.23. The zero-order chi connectivity index (χ0) is 22.1. The van der Waals surface area contributed by atoms with E-state index in [9.17, 15) is 9.59 Å². The molecule has 0 radical (unpaired) electrons. The van der Waals surface area contributed by atoms with Crippen LogP contribution in [0.3, 0.4) is 0 Å². The van der Waals surface area contributed by atoms with E-state index in [-0.39, 0.29) is 17.2 Å². The van der Waals surface area contributed by atoms with Crippen LogP contribution < -0.4 is 15.6 Å². The highest BCUT2D eigenvalue weighted by molar-refractivity contribution is 7.99. The molecule has 1 fully saturated rings. The molecular weight excluding hydrogens is 442 g/mol. The van der Waals surface area contributed by atoms with E-state index in [1.165, 1.54) is 23.1 Å². The van der Waals surface area contributed by atoms with Crippen molar-refractivity contribution in [2.75, 3.05) is 18.2 Å². The lowest BCUT2D eigenvalue weighted by Gasteiger charge is -2.13. The maximum Gasteiger partial charge on any atom is 0.267 e. The second kappa shape index (κ2) is 8.80. The number of thiophene rings is 1. The Labute approximate surface area is 193 Å². The number of anilines is 1. The Balaban J connectivity index is 1.48. The lowest BCUT2D eigenvalue weighted by atomic mass is 10.1. The number of nitrogens with one attached hydrogen (secondary N) is 1. The highest BCUT2D eigenvalue weighted by atomic mass is 32.2. The lowest BCUT2D eigenvalue weighted by molar-refractivity contribution is -0.113. The molecule has 0 aliphatic heterocycles. The van der Waals surface area contributed by atoms with Crippen molar-refractivity contribution in [1.29, 1.82) is 0 Å². The number of methoxy groups -OCH3 is 1. The summed E-state index contributed by atoms with van der Waals surface area (Å²) in [6.45, 7) is 0. The van der Waals surface area contributed by atoms with Crippen molar-refractivity contribution in [3.05, 3.63) is 75.9 Å². The van der Waals surface area contributed by atoms with Gasteiger partial charge in [0.1, 0.15) is 10.6 Å². The smallest absolute Gasteiger partial charge is 0.267 e. The number of aromatic nitrogens is 2. The molecule has 2 aromatic carbocycles. The molecule has 1 saturated carbocycles. The maximum absolute atomic E-state index is 13.6. The topological polar surface area (TPSA) is 73.2 Å². The number of amides is 1. The number of hydrogen-bond acceptors (Lipinski definition) is 6. The van der Waals surface area contributed by atoms with E-state index in [0.717, 1.165) is 28.9 Å². The molecule has 6 nitrogen and oxygen atoms in total. The summed E-state index contributed by atoms with van der Waals surface area (Å²) in [5.41, 5.74) is 2.39. The van der Waals surface area contributed by atoms with Gasteiger partial charge in [-0.3, -0.25) is 14.2 Å². The second-order valence-electron chi connectivity index (χ2n) is 7.55. The van der Waals surface area contributed by atoms with Crippen LogP contribution >= 0.6 is 23.1 Å². The van der Waals surface area contributed by atoms with Gasteiger partial charge in [0.15, 0.2) is 5.16 Å². The molecule has 0 bridgehead atoms. The Hall–Kier alpha value is -3.10. The summed E-state index contributed by atoms with van der Waals surface area (Å²) in [6.07, 6.45) is 2.24. The number of fused-ring (bicyclic) bond motifs is 1. The average molecular weight is 464 g/mol. The number of ether oxygens (including phenoxy) is 1. The monoisotopic (exact) mass is 463 g/mol. The van der Waals surface area contributed by atoms with Crippen LogP contribution in [0.4, 0.5) is 5.69 Å². The molecule has 2 aromatic heterocycles. The molecule has 1 amide bonds.